The van der Waals surface area contributed by atoms with Crippen LogP contribution < -0.4 is 10.1 Å². The largest absolute Gasteiger partial charge is 0.504 e. The van der Waals surface area contributed by atoms with E-state index in [1.165, 1.54) is 18.2 Å². The molecule has 114 valence electrons. The Morgan fingerprint density at radius 2 is 2.05 bits per heavy atom. The quantitative estimate of drug-likeness (QED) is 0.914. The number of rotatable bonds is 3. The number of carbonyl (C=O) groups excluding carboxylic acids is 1. The van der Waals surface area contributed by atoms with Crippen LogP contribution in [0.3, 0.4) is 0 Å². The van der Waals surface area contributed by atoms with Crippen LogP contribution in [0.2, 0.25) is 0 Å². The number of para-hydroxylation sites is 1. The molecule has 0 unspecified atom stereocenters. The molecule has 0 spiro atoms. The number of nitrogens with one attached hydrogen (secondary N) is 1. The zero-order valence-electron chi connectivity index (χ0n) is 12.5. The van der Waals surface area contributed by atoms with Crippen molar-refractivity contribution >= 4 is 5.91 Å². The predicted molar refractivity (Wildman–Crippen MR) is 84.2 cm³/mol. The van der Waals surface area contributed by atoms with Crippen molar-refractivity contribution in [3.63, 3.8) is 0 Å². The van der Waals surface area contributed by atoms with Gasteiger partial charge in [0.15, 0.2) is 11.5 Å². The molecule has 0 saturated heterocycles. The molecular formula is C18H19NO3. The van der Waals surface area contributed by atoms with Crippen molar-refractivity contribution in [2.24, 2.45) is 0 Å². The van der Waals surface area contributed by atoms with E-state index in [1.807, 2.05) is 12.1 Å². The molecule has 0 aromatic heterocycles. The zero-order chi connectivity index (χ0) is 15.5. The average Bonchev–Trinajstić information content (AvgIpc) is 2.55. The van der Waals surface area contributed by atoms with Crippen LogP contribution in [0.5, 0.6) is 11.5 Å². The summed E-state index contributed by atoms with van der Waals surface area (Å²) in [6.45, 7) is 0. The van der Waals surface area contributed by atoms with Gasteiger partial charge in [-0.1, -0.05) is 30.3 Å². The minimum absolute atomic E-state index is 0.0111. The number of amides is 1. The Kier molecular flexibility index (Phi) is 4.00. The summed E-state index contributed by atoms with van der Waals surface area (Å²) < 4.78 is 5.05. The van der Waals surface area contributed by atoms with Crippen LogP contribution in [0.25, 0.3) is 0 Å². The fourth-order valence-corrected chi connectivity index (χ4v) is 3.01. The molecule has 4 nitrogen and oxygen atoms in total. The van der Waals surface area contributed by atoms with E-state index < -0.39 is 0 Å². The Balaban J connectivity index is 1.84. The van der Waals surface area contributed by atoms with Gasteiger partial charge in [0.1, 0.15) is 0 Å². The molecule has 1 aliphatic rings. The molecule has 2 aromatic rings. The summed E-state index contributed by atoms with van der Waals surface area (Å²) in [5.41, 5.74) is 2.70. The number of benzene rings is 2. The summed E-state index contributed by atoms with van der Waals surface area (Å²) in [4.78, 5) is 12.5. The van der Waals surface area contributed by atoms with Crippen molar-refractivity contribution in [1.29, 1.82) is 0 Å². The van der Waals surface area contributed by atoms with Gasteiger partial charge >= 0.3 is 0 Å². The Morgan fingerprint density at radius 1 is 1.23 bits per heavy atom. The lowest BCUT2D eigenvalue weighted by atomic mass is 9.87. The molecule has 0 bridgehead atoms. The molecule has 2 aromatic carbocycles. The summed E-state index contributed by atoms with van der Waals surface area (Å²) in [6.07, 6.45) is 3.01. The first-order valence-corrected chi connectivity index (χ1v) is 7.45. The first kappa shape index (κ1) is 14.4. The second kappa shape index (κ2) is 6.10. The van der Waals surface area contributed by atoms with E-state index in [0.29, 0.717) is 5.75 Å². The summed E-state index contributed by atoms with van der Waals surface area (Å²) in [5.74, 6) is -0.0959. The van der Waals surface area contributed by atoms with Crippen molar-refractivity contribution in [2.45, 2.75) is 25.3 Å². The number of ether oxygens (including phenoxy) is 1. The third kappa shape index (κ3) is 2.64. The third-order valence-corrected chi connectivity index (χ3v) is 4.14. The average molecular weight is 297 g/mol. The summed E-state index contributed by atoms with van der Waals surface area (Å²) in [7, 11) is 1.47. The van der Waals surface area contributed by atoms with Gasteiger partial charge in [-0.15, -0.1) is 0 Å². The minimum Gasteiger partial charge on any atom is -0.504 e. The normalized spacial score (nSPS) is 16.7. The first-order chi connectivity index (χ1) is 10.7. The van der Waals surface area contributed by atoms with Crippen molar-refractivity contribution in [1.82, 2.24) is 5.32 Å². The predicted octanol–water partition coefficient (Wildman–Crippen LogP) is 3.21. The SMILES string of the molecule is COc1cccc(C(=O)N[C@H]2CCCc3ccccc32)c1O. The summed E-state index contributed by atoms with van der Waals surface area (Å²) in [6, 6.07) is 13.1. The van der Waals surface area contributed by atoms with Gasteiger partial charge in [0.25, 0.3) is 5.91 Å². The molecule has 1 atom stereocenters. The number of carbonyl (C=O) groups is 1. The monoisotopic (exact) mass is 297 g/mol. The highest BCUT2D eigenvalue weighted by Crippen LogP contribution is 2.32. The number of aryl methyl sites for hydroxylation is 1. The lowest BCUT2D eigenvalue weighted by molar-refractivity contribution is 0.0929. The molecule has 4 heteroatoms. The lowest BCUT2D eigenvalue weighted by Gasteiger charge is -2.26. The van der Waals surface area contributed by atoms with E-state index in [2.05, 4.69) is 17.4 Å². The van der Waals surface area contributed by atoms with Crippen LogP contribution in [0, 0.1) is 0 Å². The zero-order valence-corrected chi connectivity index (χ0v) is 12.5. The number of methoxy groups -OCH3 is 1. The van der Waals surface area contributed by atoms with Gasteiger partial charge in [0.2, 0.25) is 0 Å². The molecule has 1 aliphatic carbocycles. The van der Waals surface area contributed by atoms with Gasteiger partial charge in [-0.25, -0.2) is 0 Å². The van der Waals surface area contributed by atoms with E-state index in [1.54, 1.807) is 18.2 Å². The van der Waals surface area contributed by atoms with Crippen LogP contribution in [-0.4, -0.2) is 18.1 Å². The Bertz CT molecular complexity index is 696. The number of hydrogen-bond donors (Lipinski definition) is 2. The maximum atomic E-state index is 12.5. The van der Waals surface area contributed by atoms with Crippen molar-refractivity contribution in [2.75, 3.05) is 7.11 Å². The van der Waals surface area contributed by atoms with Crippen LogP contribution in [0.15, 0.2) is 42.5 Å². The molecule has 0 radical (unpaired) electrons. The second-order valence-corrected chi connectivity index (χ2v) is 5.47. The highest BCUT2D eigenvalue weighted by atomic mass is 16.5. The maximum absolute atomic E-state index is 12.5. The van der Waals surface area contributed by atoms with Crippen molar-refractivity contribution < 1.29 is 14.6 Å². The van der Waals surface area contributed by atoms with E-state index in [-0.39, 0.29) is 23.3 Å². The van der Waals surface area contributed by atoms with Gasteiger partial charge in [0, 0.05) is 0 Å². The third-order valence-electron chi connectivity index (χ3n) is 4.14. The Hall–Kier alpha value is -2.49. The van der Waals surface area contributed by atoms with Crippen LogP contribution in [-0.2, 0) is 6.42 Å². The molecule has 22 heavy (non-hydrogen) atoms. The van der Waals surface area contributed by atoms with Gasteiger partial charge in [-0.05, 0) is 42.5 Å². The first-order valence-electron chi connectivity index (χ1n) is 7.45. The van der Waals surface area contributed by atoms with Gasteiger partial charge in [-0.2, -0.15) is 0 Å². The highest BCUT2D eigenvalue weighted by Gasteiger charge is 2.23. The molecule has 0 saturated carbocycles. The number of fused-ring (bicyclic) bond motifs is 1. The van der Waals surface area contributed by atoms with E-state index >= 15 is 0 Å². The van der Waals surface area contributed by atoms with Gasteiger partial charge in [0.05, 0.1) is 18.7 Å². The Labute approximate surface area is 129 Å². The Morgan fingerprint density at radius 3 is 2.86 bits per heavy atom. The van der Waals surface area contributed by atoms with Crippen LogP contribution in [0.4, 0.5) is 0 Å². The highest BCUT2D eigenvalue weighted by molar-refractivity contribution is 5.97. The molecular weight excluding hydrogens is 278 g/mol. The topological polar surface area (TPSA) is 58.6 Å². The van der Waals surface area contributed by atoms with Crippen molar-refractivity contribution in [3.05, 3.63) is 59.2 Å². The molecule has 1 amide bonds. The molecule has 3 rings (SSSR count). The molecule has 0 fully saturated rings. The fourth-order valence-electron chi connectivity index (χ4n) is 3.01. The maximum Gasteiger partial charge on any atom is 0.255 e. The standard InChI is InChI=1S/C18H19NO3/c1-22-16-11-5-9-14(17(16)20)18(21)19-15-10-4-7-12-6-2-3-8-13(12)15/h2-3,5-6,8-9,11,15,20H,4,7,10H2,1H3,(H,19,21)/t15-/m0/s1. The summed E-state index contributed by atoms with van der Waals surface area (Å²) >= 11 is 0. The van der Waals surface area contributed by atoms with Crippen LogP contribution in [0.1, 0.15) is 40.4 Å². The van der Waals surface area contributed by atoms with Crippen molar-refractivity contribution in [3.8, 4) is 11.5 Å². The van der Waals surface area contributed by atoms with Crippen LogP contribution >= 0.6 is 0 Å². The minimum atomic E-state index is -0.280. The number of phenolic OH excluding ortho intramolecular Hbond substituents is 1. The fraction of sp³-hybridized carbons (Fsp3) is 0.278. The van der Waals surface area contributed by atoms with E-state index in [0.717, 1.165) is 19.3 Å². The number of hydrogen-bond acceptors (Lipinski definition) is 3. The second-order valence-electron chi connectivity index (χ2n) is 5.47. The van der Waals surface area contributed by atoms with E-state index in [4.69, 9.17) is 4.74 Å². The molecule has 0 heterocycles. The van der Waals surface area contributed by atoms with Gasteiger partial charge in [-0.3, -0.25) is 4.79 Å². The molecule has 2 N–H and O–H groups in total. The molecule has 0 aliphatic heterocycles. The number of phenols is 1. The number of aromatic hydroxyl groups is 1. The van der Waals surface area contributed by atoms with Gasteiger partial charge < -0.3 is 15.2 Å². The van der Waals surface area contributed by atoms with E-state index in [9.17, 15) is 9.90 Å². The lowest BCUT2D eigenvalue weighted by Crippen LogP contribution is -2.31. The smallest absolute Gasteiger partial charge is 0.255 e. The summed E-state index contributed by atoms with van der Waals surface area (Å²) in [5, 5.41) is 13.1.